The van der Waals surface area contributed by atoms with E-state index in [0.29, 0.717) is 40.9 Å². The van der Waals surface area contributed by atoms with E-state index in [1.54, 1.807) is 30.3 Å². The fourth-order valence-corrected chi connectivity index (χ4v) is 5.05. The van der Waals surface area contributed by atoms with Gasteiger partial charge in [0.2, 0.25) is 15.9 Å². The number of hydrogen-bond acceptors (Lipinski definition) is 4. The van der Waals surface area contributed by atoms with Gasteiger partial charge in [-0.3, -0.25) is 4.79 Å². The van der Waals surface area contributed by atoms with Crippen molar-refractivity contribution >= 4 is 44.8 Å². The van der Waals surface area contributed by atoms with Crippen molar-refractivity contribution in [2.24, 2.45) is 5.92 Å². The average Bonchev–Trinajstić information content (AvgIpc) is 2.73. The Morgan fingerprint density at radius 1 is 1.10 bits per heavy atom. The number of ether oxygens (including phenoxy) is 1. The van der Waals surface area contributed by atoms with Crippen LogP contribution < -0.4 is 10.1 Å². The molecule has 0 saturated carbocycles. The summed E-state index contributed by atoms with van der Waals surface area (Å²) in [6.45, 7) is 3.08. The van der Waals surface area contributed by atoms with Gasteiger partial charge in [-0.1, -0.05) is 30.1 Å². The van der Waals surface area contributed by atoms with E-state index in [0.717, 1.165) is 6.42 Å². The van der Waals surface area contributed by atoms with Gasteiger partial charge in [-0.25, -0.2) is 8.42 Å². The van der Waals surface area contributed by atoms with Gasteiger partial charge >= 0.3 is 0 Å². The molecule has 0 radical (unpaired) electrons. The molecule has 0 aliphatic carbocycles. The van der Waals surface area contributed by atoms with Crippen LogP contribution >= 0.6 is 23.2 Å². The van der Waals surface area contributed by atoms with Gasteiger partial charge in [0.15, 0.2) is 0 Å². The summed E-state index contributed by atoms with van der Waals surface area (Å²) in [7, 11) is -3.60. The van der Waals surface area contributed by atoms with Crippen LogP contribution in [0.25, 0.3) is 0 Å². The Hall–Kier alpha value is -1.80. The van der Waals surface area contributed by atoms with Crippen LogP contribution in [-0.2, 0) is 14.8 Å². The van der Waals surface area contributed by atoms with E-state index in [4.69, 9.17) is 27.9 Å². The Bertz CT molecular complexity index is 989. The molecule has 162 valence electrons. The number of halogens is 2. The number of sulfonamides is 1. The first-order valence-electron chi connectivity index (χ1n) is 9.80. The van der Waals surface area contributed by atoms with Crippen molar-refractivity contribution in [2.75, 3.05) is 25.0 Å². The van der Waals surface area contributed by atoms with Crippen LogP contribution in [-0.4, -0.2) is 38.3 Å². The molecule has 0 unspecified atom stereocenters. The number of nitrogens with one attached hydrogen (secondary N) is 1. The second-order valence-electron chi connectivity index (χ2n) is 7.11. The molecule has 2 aromatic carbocycles. The van der Waals surface area contributed by atoms with Crippen molar-refractivity contribution < 1.29 is 17.9 Å². The van der Waals surface area contributed by atoms with Crippen LogP contribution in [0.1, 0.15) is 26.2 Å². The van der Waals surface area contributed by atoms with Crippen molar-refractivity contribution in [3.8, 4) is 5.75 Å². The maximum atomic E-state index is 12.8. The Labute approximate surface area is 187 Å². The number of amides is 1. The van der Waals surface area contributed by atoms with Crippen molar-refractivity contribution in [1.82, 2.24) is 4.31 Å². The van der Waals surface area contributed by atoms with Crippen molar-refractivity contribution in [1.29, 1.82) is 0 Å². The molecular weight excluding hydrogens is 447 g/mol. The Morgan fingerprint density at radius 3 is 2.37 bits per heavy atom. The number of piperidine rings is 1. The standard InChI is InChI=1S/C21H24Cl2N2O4S/c1-2-13-29-20-8-5-17(23)14-19(20)24-21(26)15-9-11-25(12-10-15)30(27,28)18-6-3-16(22)4-7-18/h3-8,14-15H,2,9-13H2,1H3,(H,24,26). The van der Waals surface area contributed by atoms with Gasteiger partial charge in [-0.2, -0.15) is 4.31 Å². The Balaban J connectivity index is 1.63. The zero-order valence-electron chi connectivity index (χ0n) is 16.6. The molecule has 3 rings (SSSR count). The van der Waals surface area contributed by atoms with E-state index in [9.17, 15) is 13.2 Å². The van der Waals surface area contributed by atoms with Crippen LogP contribution in [0, 0.1) is 5.92 Å². The number of rotatable bonds is 7. The molecule has 30 heavy (non-hydrogen) atoms. The molecule has 0 atom stereocenters. The van der Waals surface area contributed by atoms with E-state index in [1.807, 2.05) is 6.92 Å². The lowest BCUT2D eigenvalue weighted by Crippen LogP contribution is -2.41. The predicted octanol–water partition coefficient (Wildman–Crippen LogP) is 4.82. The fraction of sp³-hybridized carbons (Fsp3) is 0.381. The minimum atomic E-state index is -3.60. The molecule has 1 fully saturated rings. The second kappa shape index (κ2) is 10.0. The topological polar surface area (TPSA) is 75.7 Å². The summed E-state index contributed by atoms with van der Waals surface area (Å²) in [5, 5.41) is 3.87. The summed E-state index contributed by atoms with van der Waals surface area (Å²) in [5.41, 5.74) is 0.525. The van der Waals surface area contributed by atoms with Crippen LogP contribution in [0.15, 0.2) is 47.4 Å². The number of hydrogen-bond donors (Lipinski definition) is 1. The maximum Gasteiger partial charge on any atom is 0.243 e. The molecule has 6 nitrogen and oxygen atoms in total. The van der Waals surface area contributed by atoms with Gasteiger partial charge in [0.05, 0.1) is 17.2 Å². The molecule has 2 aromatic rings. The zero-order valence-corrected chi connectivity index (χ0v) is 18.9. The number of anilines is 1. The van der Waals surface area contributed by atoms with E-state index < -0.39 is 10.0 Å². The third kappa shape index (κ3) is 5.46. The van der Waals surface area contributed by atoms with E-state index in [1.165, 1.54) is 16.4 Å². The quantitative estimate of drug-likeness (QED) is 0.628. The third-order valence-electron chi connectivity index (χ3n) is 4.94. The highest BCUT2D eigenvalue weighted by Crippen LogP contribution is 2.30. The lowest BCUT2D eigenvalue weighted by Gasteiger charge is -2.30. The first-order chi connectivity index (χ1) is 14.3. The molecule has 0 aromatic heterocycles. The molecule has 1 saturated heterocycles. The number of benzene rings is 2. The summed E-state index contributed by atoms with van der Waals surface area (Å²) >= 11 is 11.9. The van der Waals surface area contributed by atoms with Crippen LogP contribution in [0.4, 0.5) is 5.69 Å². The smallest absolute Gasteiger partial charge is 0.243 e. The number of carbonyl (C=O) groups excluding carboxylic acids is 1. The number of nitrogens with zero attached hydrogens (tertiary/aromatic N) is 1. The predicted molar refractivity (Wildman–Crippen MR) is 119 cm³/mol. The summed E-state index contributed by atoms with van der Waals surface area (Å²) in [6.07, 6.45) is 1.71. The molecule has 9 heteroatoms. The molecular formula is C21H24Cl2N2O4S. The zero-order chi connectivity index (χ0) is 21.7. The molecule has 1 heterocycles. The highest BCUT2D eigenvalue weighted by atomic mass is 35.5. The summed E-state index contributed by atoms with van der Waals surface area (Å²) in [5.74, 6) is 0.110. The monoisotopic (exact) mass is 470 g/mol. The van der Waals surface area contributed by atoms with Gasteiger partial charge in [0.1, 0.15) is 5.75 Å². The van der Waals surface area contributed by atoms with Gasteiger partial charge < -0.3 is 10.1 Å². The Kier molecular flexibility index (Phi) is 7.63. The normalized spacial score (nSPS) is 15.7. The molecule has 1 N–H and O–H groups in total. The van der Waals surface area contributed by atoms with Crippen LogP contribution in [0.2, 0.25) is 10.0 Å². The van der Waals surface area contributed by atoms with Crippen molar-refractivity contribution in [3.63, 3.8) is 0 Å². The minimum absolute atomic E-state index is 0.165. The number of carbonyl (C=O) groups is 1. The van der Waals surface area contributed by atoms with Gasteiger partial charge in [0, 0.05) is 29.1 Å². The van der Waals surface area contributed by atoms with E-state index in [2.05, 4.69) is 5.32 Å². The molecule has 1 aliphatic heterocycles. The van der Waals surface area contributed by atoms with Crippen molar-refractivity contribution in [2.45, 2.75) is 31.1 Å². The largest absolute Gasteiger partial charge is 0.491 e. The first kappa shape index (κ1) is 22.9. The van der Waals surface area contributed by atoms with Crippen LogP contribution in [0.3, 0.4) is 0 Å². The fourth-order valence-electron chi connectivity index (χ4n) is 3.29. The first-order valence-corrected chi connectivity index (χ1v) is 12.0. The SMILES string of the molecule is CCCOc1ccc(Cl)cc1NC(=O)C1CCN(S(=O)(=O)c2ccc(Cl)cc2)CC1. The summed E-state index contributed by atoms with van der Waals surface area (Å²) in [6, 6.07) is 11.2. The molecule has 1 amide bonds. The van der Waals surface area contributed by atoms with Crippen LogP contribution in [0.5, 0.6) is 5.75 Å². The second-order valence-corrected chi connectivity index (χ2v) is 9.92. The lowest BCUT2D eigenvalue weighted by molar-refractivity contribution is -0.120. The van der Waals surface area contributed by atoms with Gasteiger partial charge in [-0.05, 0) is 61.7 Å². The molecule has 1 aliphatic rings. The Morgan fingerprint density at radius 2 is 1.73 bits per heavy atom. The van der Waals surface area contributed by atoms with Gasteiger partial charge in [0.25, 0.3) is 0 Å². The summed E-state index contributed by atoms with van der Waals surface area (Å²) < 4.78 is 32.7. The van der Waals surface area contributed by atoms with Gasteiger partial charge in [-0.15, -0.1) is 0 Å². The third-order valence-corrected chi connectivity index (χ3v) is 7.34. The minimum Gasteiger partial charge on any atom is -0.491 e. The lowest BCUT2D eigenvalue weighted by atomic mass is 9.97. The average molecular weight is 471 g/mol. The highest BCUT2D eigenvalue weighted by molar-refractivity contribution is 7.89. The molecule has 0 bridgehead atoms. The molecule has 0 spiro atoms. The van der Waals surface area contributed by atoms with E-state index in [-0.39, 0.29) is 29.8 Å². The summed E-state index contributed by atoms with van der Waals surface area (Å²) in [4.78, 5) is 13.0. The maximum absolute atomic E-state index is 12.8. The van der Waals surface area contributed by atoms with E-state index >= 15 is 0 Å². The highest BCUT2D eigenvalue weighted by Gasteiger charge is 2.32. The van der Waals surface area contributed by atoms with Crippen molar-refractivity contribution in [3.05, 3.63) is 52.5 Å².